The van der Waals surface area contributed by atoms with Crippen molar-refractivity contribution in [3.8, 4) is 6.07 Å². The predicted molar refractivity (Wildman–Crippen MR) is 119 cm³/mol. The third kappa shape index (κ3) is 4.93. The molecule has 0 aromatic heterocycles. The second kappa shape index (κ2) is 9.00. The number of carbonyl (C=O) groups is 2. The number of benzene rings is 1. The van der Waals surface area contributed by atoms with Crippen LogP contribution in [0.2, 0.25) is 0 Å². The summed E-state index contributed by atoms with van der Waals surface area (Å²) in [6.07, 6.45) is 6.93. The lowest BCUT2D eigenvalue weighted by atomic mass is 9.49. The first-order valence-corrected chi connectivity index (χ1v) is 11.6. The fraction of sp³-hybridized carbons (Fsp3) is 0.640. The lowest BCUT2D eigenvalue weighted by Crippen LogP contribution is -2.54. The fourth-order valence-electron chi connectivity index (χ4n) is 6.36. The summed E-state index contributed by atoms with van der Waals surface area (Å²) in [5.74, 6) is 2.18. The van der Waals surface area contributed by atoms with Crippen LogP contribution >= 0.6 is 0 Å². The average Bonchev–Trinajstić information content (AvgIpc) is 2.74. The van der Waals surface area contributed by atoms with Gasteiger partial charge in [-0.3, -0.25) is 9.59 Å². The lowest BCUT2D eigenvalue weighted by molar-refractivity contribution is -0.148. The molecule has 1 N–H and O–H groups in total. The van der Waals surface area contributed by atoms with E-state index in [2.05, 4.69) is 11.4 Å². The molecule has 6 nitrogen and oxygen atoms in total. The molecule has 1 aromatic carbocycles. The molecule has 0 atom stereocenters. The van der Waals surface area contributed by atoms with Crippen molar-refractivity contribution in [3.05, 3.63) is 35.4 Å². The largest absolute Gasteiger partial charge is 0.347 e. The first-order chi connectivity index (χ1) is 14.9. The zero-order valence-electron chi connectivity index (χ0n) is 18.8. The van der Waals surface area contributed by atoms with Gasteiger partial charge in [0, 0.05) is 25.0 Å². The second-order valence-corrected chi connectivity index (χ2v) is 10.3. The van der Waals surface area contributed by atoms with Crippen molar-refractivity contribution in [3.63, 3.8) is 0 Å². The van der Waals surface area contributed by atoms with E-state index < -0.39 is 0 Å². The Morgan fingerprint density at radius 1 is 1.03 bits per heavy atom. The van der Waals surface area contributed by atoms with Crippen LogP contribution in [0.15, 0.2) is 24.3 Å². The molecule has 4 saturated carbocycles. The molecule has 4 aliphatic rings. The molecule has 1 aromatic rings. The van der Waals surface area contributed by atoms with Crippen LogP contribution in [-0.4, -0.2) is 55.3 Å². The molecule has 4 fully saturated rings. The number of likely N-dealkylation sites (N-methyl/N-ethyl adjacent to an activating group) is 1. The Bertz CT molecular complexity index is 820. The third-order valence-electron chi connectivity index (χ3n) is 7.55. The number of rotatable bonds is 8. The summed E-state index contributed by atoms with van der Waals surface area (Å²) in [4.78, 5) is 30.1. The second-order valence-electron chi connectivity index (χ2n) is 10.3. The monoisotopic (exact) mass is 422 g/mol. The van der Waals surface area contributed by atoms with Crippen LogP contribution in [-0.2, 0) is 16.1 Å². The number of nitrogens with one attached hydrogen (secondary N) is 1. The molecule has 0 saturated heterocycles. The van der Waals surface area contributed by atoms with Crippen LogP contribution < -0.4 is 5.32 Å². The maximum absolute atomic E-state index is 13.2. The van der Waals surface area contributed by atoms with Crippen molar-refractivity contribution in [1.82, 2.24) is 15.1 Å². The first-order valence-electron chi connectivity index (χ1n) is 11.6. The molecule has 0 unspecified atom stereocenters. The van der Waals surface area contributed by atoms with Crippen LogP contribution in [0, 0.1) is 34.5 Å². The number of amides is 2. The summed E-state index contributed by atoms with van der Waals surface area (Å²) in [7, 11) is 3.97. The minimum atomic E-state index is -0.226. The fourth-order valence-corrected chi connectivity index (χ4v) is 6.36. The van der Waals surface area contributed by atoms with E-state index in [-0.39, 0.29) is 23.8 Å². The average molecular weight is 423 g/mol. The summed E-state index contributed by atoms with van der Waals surface area (Å²) in [6.45, 7) is 1.89. The van der Waals surface area contributed by atoms with Gasteiger partial charge in [0.25, 0.3) is 0 Å². The van der Waals surface area contributed by atoms with Gasteiger partial charge in [-0.25, -0.2) is 0 Å². The van der Waals surface area contributed by atoms with Crippen LogP contribution in [0.1, 0.15) is 49.7 Å². The van der Waals surface area contributed by atoms with Gasteiger partial charge in [0.2, 0.25) is 11.8 Å². The number of nitriles is 1. The number of hydrogen-bond donors (Lipinski definition) is 1. The van der Waals surface area contributed by atoms with Gasteiger partial charge < -0.3 is 15.1 Å². The molecule has 0 aliphatic heterocycles. The third-order valence-corrected chi connectivity index (χ3v) is 7.55. The Hall–Kier alpha value is -2.39. The Kier molecular flexibility index (Phi) is 6.34. The Morgan fingerprint density at radius 3 is 2.13 bits per heavy atom. The highest BCUT2D eigenvalue weighted by molar-refractivity contribution is 5.88. The maximum atomic E-state index is 13.2. The predicted octanol–water partition coefficient (Wildman–Crippen LogP) is 2.78. The Labute approximate surface area is 185 Å². The van der Waals surface area contributed by atoms with Crippen molar-refractivity contribution in [1.29, 1.82) is 5.26 Å². The molecule has 0 spiro atoms. The zero-order chi connectivity index (χ0) is 22.0. The SMILES string of the molecule is CN(C)CCN(Cc1ccc(C#N)cc1)C(=O)CNC(=O)C12CC3CC(CC(C3)C1)C2. The highest BCUT2D eigenvalue weighted by Crippen LogP contribution is 2.60. The van der Waals surface area contributed by atoms with E-state index in [1.807, 2.05) is 31.1 Å². The number of hydrogen-bond acceptors (Lipinski definition) is 4. The number of nitrogens with zero attached hydrogens (tertiary/aromatic N) is 3. The molecule has 31 heavy (non-hydrogen) atoms. The Morgan fingerprint density at radius 2 is 1.61 bits per heavy atom. The molecule has 166 valence electrons. The molecule has 0 radical (unpaired) electrons. The van der Waals surface area contributed by atoms with E-state index in [0.717, 1.165) is 31.4 Å². The van der Waals surface area contributed by atoms with Gasteiger partial charge in [-0.15, -0.1) is 0 Å². The van der Waals surface area contributed by atoms with Crippen LogP contribution in [0.4, 0.5) is 0 Å². The van der Waals surface area contributed by atoms with E-state index in [0.29, 0.717) is 36.4 Å². The van der Waals surface area contributed by atoms with Gasteiger partial charge in [-0.2, -0.15) is 5.26 Å². The molecule has 5 rings (SSSR count). The van der Waals surface area contributed by atoms with Gasteiger partial charge in [-0.05, 0) is 88.1 Å². The molecular weight excluding hydrogens is 388 g/mol. The van der Waals surface area contributed by atoms with Crippen LogP contribution in [0.3, 0.4) is 0 Å². The minimum Gasteiger partial charge on any atom is -0.347 e. The zero-order valence-corrected chi connectivity index (χ0v) is 18.8. The van der Waals surface area contributed by atoms with E-state index >= 15 is 0 Å². The maximum Gasteiger partial charge on any atom is 0.242 e. The van der Waals surface area contributed by atoms with Crippen LogP contribution in [0.25, 0.3) is 0 Å². The van der Waals surface area contributed by atoms with Crippen molar-refractivity contribution >= 4 is 11.8 Å². The van der Waals surface area contributed by atoms with Crippen molar-refractivity contribution in [2.45, 2.75) is 45.1 Å². The summed E-state index contributed by atoms with van der Waals surface area (Å²) < 4.78 is 0. The van der Waals surface area contributed by atoms with Gasteiger partial charge in [0.15, 0.2) is 0 Å². The van der Waals surface area contributed by atoms with Gasteiger partial charge in [0.1, 0.15) is 0 Å². The standard InChI is InChI=1S/C25H34N4O2/c1-28(2)7-8-29(17-19-5-3-18(15-26)4-6-19)23(30)16-27-24(31)25-12-20-9-21(13-25)11-22(10-20)14-25/h3-6,20-22H,7-14,16-17H2,1-2H3,(H,27,31). The van der Waals surface area contributed by atoms with Crippen molar-refractivity contribution in [2.24, 2.45) is 23.2 Å². The Balaban J connectivity index is 1.37. The first kappa shape index (κ1) is 21.8. The van der Waals surface area contributed by atoms with E-state index in [4.69, 9.17) is 5.26 Å². The lowest BCUT2D eigenvalue weighted by Gasteiger charge is -2.55. The molecule has 6 heteroatoms. The summed E-state index contributed by atoms with van der Waals surface area (Å²) in [5, 5.41) is 12.0. The molecule has 4 bridgehead atoms. The summed E-state index contributed by atoms with van der Waals surface area (Å²) >= 11 is 0. The van der Waals surface area contributed by atoms with Gasteiger partial charge in [-0.1, -0.05) is 12.1 Å². The summed E-state index contributed by atoms with van der Waals surface area (Å²) in [5.41, 5.74) is 1.37. The van der Waals surface area contributed by atoms with E-state index in [1.165, 1.54) is 19.3 Å². The van der Waals surface area contributed by atoms with E-state index in [9.17, 15) is 9.59 Å². The molecule has 4 aliphatic carbocycles. The molecular formula is C25H34N4O2. The van der Waals surface area contributed by atoms with E-state index in [1.54, 1.807) is 17.0 Å². The van der Waals surface area contributed by atoms with Crippen LogP contribution in [0.5, 0.6) is 0 Å². The molecule has 2 amide bonds. The summed E-state index contributed by atoms with van der Waals surface area (Å²) in [6, 6.07) is 9.46. The van der Waals surface area contributed by atoms with Crippen molar-refractivity contribution in [2.75, 3.05) is 33.7 Å². The molecule has 0 heterocycles. The minimum absolute atomic E-state index is 0.0516. The van der Waals surface area contributed by atoms with Gasteiger partial charge in [0.05, 0.1) is 18.2 Å². The van der Waals surface area contributed by atoms with Crippen molar-refractivity contribution < 1.29 is 9.59 Å². The smallest absolute Gasteiger partial charge is 0.242 e. The quantitative estimate of drug-likeness (QED) is 0.699. The highest BCUT2D eigenvalue weighted by Gasteiger charge is 2.54. The topological polar surface area (TPSA) is 76.4 Å². The number of carbonyl (C=O) groups excluding carboxylic acids is 2. The van der Waals surface area contributed by atoms with Gasteiger partial charge >= 0.3 is 0 Å². The normalized spacial score (nSPS) is 28.4. The highest BCUT2D eigenvalue weighted by atomic mass is 16.2.